The van der Waals surface area contributed by atoms with Gasteiger partial charge in [-0.05, 0) is 89.2 Å². The van der Waals surface area contributed by atoms with Crippen molar-refractivity contribution in [1.29, 1.82) is 0 Å². The first-order chi connectivity index (χ1) is 26.8. The lowest BCUT2D eigenvalue weighted by Crippen LogP contribution is -2.59. The van der Waals surface area contributed by atoms with Crippen LogP contribution in [0.3, 0.4) is 0 Å². The predicted molar refractivity (Wildman–Crippen MR) is 218 cm³/mol. The number of esters is 2. The molecule has 1 heterocycles. The summed E-state index contributed by atoms with van der Waals surface area (Å²) in [5.74, 6) is -0.883. The van der Waals surface area contributed by atoms with Gasteiger partial charge in [0, 0.05) is 12.8 Å². The molecule has 0 bridgehead atoms. The highest BCUT2D eigenvalue weighted by molar-refractivity contribution is 5.70. The molecule has 0 aromatic heterocycles. The number of hydrogen-bond acceptors (Lipinski definition) is 10. The van der Waals surface area contributed by atoms with Crippen molar-refractivity contribution in [3.05, 3.63) is 66.5 Å². The van der Waals surface area contributed by atoms with Crippen LogP contribution in [0.25, 0.3) is 0 Å². The largest absolute Gasteiger partial charge is 0.462 e. The molecule has 0 radical (unpaired) electrons. The van der Waals surface area contributed by atoms with E-state index in [1.54, 1.807) is 0 Å². The Kier molecular flexibility index (Phi) is 32.5. The number of hydrogen-bond donors (Lipinski definition) is 4. The van der Waals surface area contributed by atoms with Gasteiger partial charge >= 0.3 is 11.9 Å². The van der Waals surface area contributed by atoms with E-state index in [4.69, 9.17) is 18.9 Å². The summed E-state index contributed by atoms with van der Waals surface area (Å²) in [6.45, 7) is 3.20. The number of rotatable bonds is 33. The molecule has 10 heteroatoms. The quantitative estimate of drug-likeness (QED) is 0.0221. The van der Waals surface area contributed by atoms with E-state index < -0.39 is 55.4 Å². The van der Waals surface area contributed by atoms with Crippen molar-refractivity contribution in [3.8, 4) is 0 Å². The molecule has 6 atom stereocenters. The molecule has 0 spiro atoms. The van der Waals surface area contributed by atoms with Crippen molar-refractivity contribution in [2.45, 2.75) is 185 Å². The van der Waals surface area contributed by atoms with E-state index in [9.17, 15) is 30.0 Å². The lowest BCUT2D eigenvalue weighted by Gasteiger charge is -2.39. The lowest BCUT2D eigenvalue weighted by atomic mass is 9.99. The molecule has 0 saturated carbocycles. The fourth-order valence-corrected chi connectivity index (χ4v) is 5.80. The van der Waals surface area contributed by atoms with Crippen LogP contribution in [0.5, 0.6) is 0 Å². The molecule has 55 heavy (non-hydrogen) atoms. The van der Waals surface area contributed by atoms with Crippen molar-refractivity contribution >= 4 is 11.9 Å². The molecule has 1 aliphatic heterocycles. The second kappa shape index (κ2) is 35.6. The normalized spacial score (nSPS) is 20.7. The Morgan fingerprint density at radius 3 is 1.82 bits per heavy atom. The van der Waals surface area contributed by atoms with Crippen LogP contribution in [0.1, 0.15) is 149 Å². The first kappa shape index (κ1) is 50.2. The van der Waals surface area contributed by atoms with Crippen LogP contribution >= 0.6 is 0 Å². The second-order valence-corrected chi connectivity index (χ2v) is 14.2. The van der Waals surface area contributed by atoms with Gasteiger partial charge in [0.2, 0.25) is 0 Å². The van der Waals surface area contributed by atoms with E-state index >= 15 is 0 Å². The Balaban J connectivity index is 2.42. The van der Waals surface area contributed by atoms with E-state index in [1.807, 2.05) is 0 Å². The van der Waals surface area contributed by atoms with E-state index in [2.05, 4.69) is 80.3 Å². The minimum Gasteiger partial charge on any atom is -0.462 e. The zero-order valence-electron chi connectivity index (χ0n) is 33.9. The van der Waals surface area contributed by atoms with Gasteiger partial charge in [0.1, 0.15) is 31.0 Å². The summed E-state index contributed by atoms with van der Waals surface area (Å²) >= 11 is 0. The van der Waals surface area contributed by atoms with Gasteiger partial charge in [-0.25, -0.2) is 0 Å². The Morgan fingerprint density at radius 1 is 0.636 bits per heavy atom. The predicted octanol–water partition coefficient (Wildman–Crippen LogP) is 8.43. The van der Waals surface area contributed by atoms with Gasteiger partial charge in [0.25, 0.3) is 0 Å². The lowest BCUT2D eigenvalue weighted by molar-refractivity contribution is -0.305. The number of unbranched alkanes of at least 4 members (excludes halogenated alkanes) is 12. The molecule has 1 rings (SSSR count). The monoisotopic (exact) mass is 775 g/mol. The molecule has 314 valence electrons. The van der Waals surface area contributed by atoms with Gasteiger partial charge in [-0.1, -0.05) is 107 Å². The molecule has 1 aliphatic rings. The second-order valence-electron chi connectivity index (χ2n) is 14.2. The number of carbonyl (C=O) groups is 2. The first-order valence-corrected chi connectivity index (χ1v) is 21.1. The SMILES string of the molecule is CC/C=C/C/C=C/C/C=C/C/C=C/CCCCC(=O)O[C@@H](COC(=O)CCCCCCCC=C=CCCCCCCC)CO[C@H]1O[C@@H](CO)[C@@H](O)C(O)C1O. The summed E-state index contributed by atoms with van der Waals surface area (Å²) in [5, 5.41) is 40.0. The molecule has 2 unspecified atom stereocenters. The first-order valence-electron chi connectivity index (χ1n) is 21.1. The zero-order chi connectivity index (χ0) is 40.2. The third kappa shape index (κ3) is 27.4. The Bertz CT molecular complexity index is 1140. The molecule has 1 saturated heterocycles. The van der Waals surface area contributed by atoms with Crippen molar-refractivity contribution in [2.75, 3.05) is 19.8 Å². The zero-order valence-corrected chi connectivity index (χ0v) is 33.9. The Morgan fingerprint density at radius 2 is 1.18 bits per heavy atom. The Hall–Kier alpha value is -2.82. The van der Waals surface area contributed by atoms with Crippen LogP contribution < -0.4 is 0 Å². The average Bonchev–Trinajstić information content (AvgIpc) is 3.18. The Labute approximate surface area is 332 Å². The summed E-state index contributed by atoms with van der Waals surface area (Å²) in [4.78, 5) is 25.2. The van der Waals surface area contributed by atoms with Crippen LogP contribution in [0.15, 0.2) is 66.5 Å². The van der Waals surface area contributed by atoms with Gasteiger partial charge < -0.3 is 39.4 Å². The summed E-state index contributed by atoms with van der Waals surface area (Å²) in [6, 6.07) is 0. The van der Waals surface area contributed by atoms with Crippen LogP contribution in [0.4, 0.5) is 0 Å². The van der Waals surface area contributed by atoms with Gasteiger partial charge in [0.05, 0.1) is 13.2 Å². The van der Waals surface area contributed by atoms with Crippen LogP contribution in [-0.4, -0.2) is 89.0 Å². The van der Waals surface area contributed by atoms with E-state index in [0.29, 0.717) is 12.8 Å². The van der Waals surface area contributed by atoms with E-state index in [0.717, 1.165) is 77.0 Å². The molecular weight excluding hydrogens is 700 g/mol. The highest BCUT2D eigenvalue weighted by Gasteiger charge is 2.44. The number of ether oxygens (including phenoxy) is 4. The molecule has 4 N–H and O–H groups in total. The van der Waals surface area contributed by atoms with Crippen LogP contribution in [0, 0.1) is 0 Å². The van der Waals surface area contributed by atoms with Crippen molar-refractivity contribution in [2.24, 2.45) is 0 Å². The average molecular weight is 775 g/mol. The third-order valence-corrected chi connectivity index (χ3v) is 9.16. The number of aliphatic hydroxyl groups excluding tert-OH is 4. The minimum atomic E-state index is -1.61. The summed E-state index contributed by atoms with van der Waals surface area (Å²) < 4.78 is 22.0. The maximum absolute atomic E-state index is 12.7. The van der Waals surface area contributed by atoms with E-state index in [-0.39, 0.29) is 26.1 Å². The van der Waals surface area contributed by atoms with Crippen LogP contribution in [-0.2, 0) is 28.5 Å². The third-order valence-electron chi connectivity index (χ3n) is 9.16. The fourth-order valence-electron chi connectivity index (χ4n) is 5.80. The van der Waals surface area contributed by atoms with E-state index in [1.165, 1.54) is 32.1 Å². The smallest absolute Gasteiger partial charge is 0.306 e. The molecule has 0 aromatic carbocycles. The van der Waals surface area contributed by atoms with Gasteiger partial charge in [-0.2, -0.15) is 0 Å². The van der Waals surface area contributed by atoms with Crippen molar-refractivity contribution < 1.29 is 49.0 Å². The van der Waals surface area contributed by atoms with Crippen molar-refractivity contribution in [3.63, 3.8) is 0 Å². The maximum atomic E-state index is 12.7. The van der Waals surface area contributed by atoms with Gasteiger partial charge in [-0.3, -0.25) is 9.59 Å². The maximum Gasteiger partial charge on any atom is 0.306 e. The topological polar surface area (TPSA) is 152 Å². The number of carbonyl (C=O) groups excluding carboxylic acids is 2. The molecule has 0 amide bonds. The van der Waals surface area contributed by atoms with Gasteiger partial charge in [0.15, 0.2) is 12.4 Å². The van der Waals surface area contributed by atoms with Crippen LogP contribution in [0.2, 0.25) is 0 Å². The van der Waals surface area contributed by atoms with Gasteiger partial charge in [-0.15, -0.1) is 5.73 Å². The molecule has 0 aromatic rings. The standard InChI is InChI=1S/C45H74O10/c1-3-5-7-9-11-13-15-17-19-21-23-25-27-29-31-33-40(47)52-36-38(37-53-45-44(51)43(50)42(49)39(35-46)55-45)54-41(48)34-32-30-28-26-24-22-20-18-16-14-12-10-8-6-4-2/h6,8,12,14-15,18-20,24,26,38-39,42-46,49-51H,3-5,7,9-11,13,16,21-23,25,27-37H2,1-2H3/b8-6+,14-12+,20-18+,26-24+/t17?,38-,39-,42+,43?,44?,45-/m0/s1. The summed E-state index contributed by atoms with van der Waals surface area (Å²) in [5.41, 5.74) is 3.29. The highest BCUT2D eigenvalue weighted by atomic mass is 16.7. The summed E-state index contributed by atoms with van der Waals surface area (Å²) in [6.07, 6.45) is 32.9. The number of allylic oxidation sites excluding steroid dienone is 9. The molecule has 10 nitrogen and oxygen atoms in total. The minimum absolute atomic E-state index is 0.170. The molecular formula is C45H74O10. The highest BCUT2D eigenvalue weighted by Crippen LogP contribution is 2.22. The van der Waals surface area contributed by atoms with Crippen molar-refractivity contribution in [1.82, 2.24) is 0 Å². The molecule has 1 fully saturated rings. The molecule has 0 aliphatic carbocycles. The number of aliphatic hydroxyl groups is 4. The summed E-state index contributed by atoms with van der Waals surface area (Å²) in [7, 11) is 0. The fraction of sp³-hybridized carbons (Fsp3) is 0.711.